The van der Waals surface area contributed by atoms with Crippen LogP contribution in [0.4, 0.5) is 0 Å². The zero-order chi connectivity index (χ0) is 14.8. The van der Waals surface area contributed by atoms with Crippen molar-refractivity contribution in [3.63, 3.8) is 0 Å². The first-order valence-corrected chi connectivity index (χ1v) is 9.66. The molecule has 1 aromatic rings. The molecule has 23 heavy (non-hydrogen) atoms. The molecule has 0 bridgehead atoms. The SMILES string of the molecule is Cl.c1ccc2c(c1)CCCC21CCN(CC2CCCCC2)CC1. The molecule has 2 aliphatic carbocycles. The van der Waals surface area contributed by atoms with Gasteiger partial charge in [0, 0.05) is 6.54 Å². The molecule has 128 valence electrons. The standard InChI is InChI=1S/C21H31N.ClH/c1-2-7-18(8-3-1)17-22-15-13-21(14-16-22)12-6-10-19-9-4-5-11-20(19)21;/h4-5,9,11,18H,1-3,6-8,10,12-17H2;1H. The average molecular weight is 334 g/mol. The minimum Gasteiger partial charge on any atom is -0.303 e. The van der Waals surface area contributed by atoms with Gasteiger partial charge in [0.2, 0.25) is 0 Å². The number of aryl methyl sites for hydroxylation is 1. The molecule has 0 N–H and O–H groups in total. The summed E-state index contributed by atoms with van der Waals surface area (Å²) in [5.41, 5.74) is 3.88. The Kier molecular flexibility index (Phi) is 5.69. The molecule has 2 fully saturated rings. The second-order valence-electron chi connectivity index (χ2n) is 8.10. The van der Waals surface area contributed by atoms with Crippen LogP contribution in [0.2, 0.25) is 0 Å². The molecule has 1 heterocycles. The lowest BCUT2D eigenvalue weighted by Gasteiger charge is -2.46. The molecule has 1 nitrogen and oxygen atoms in total. The number of benzene rings is 1. The highest BCUT2D eigenvalue weighted by Gasteiger charge is 2.39. The molecule has 4 rings (SSSR count). The Morgan fingerprint density at radius 1 is 0.913 bits per heavy atom. The lowest BCUT2D eigenvalue weighted by molar-refractivity contribution is 0.119. The second-order valence-corrected chi connectivity index (χ2v) is 8.10. The molecule has 1 spiro atoms. The van der Waals surface area contributed by atoms with E-state index in [1.807, 2.05) is 0 Å². The Balaban J connectivity index is 0.00000156. The summed E-state index contributed by atoms with van der Waals surface area (Å²) in [5.74, 6) is 1.00. The van der Waals surface area contributed by atoms with Crippen LogP contribution in [-0.4, -0.2) is 24.5 Å². The van der Waals surface area contributed by atoms with Crippen molar-refractivity contribution in [2.45, 2.75) is 69.6 Å². The van der Waals surface area contributed by atoms with Gasteiger partial charge < -0.3 is 4.90 Å². The van der Waals surface area contributed by atoms with Crippen molar-refractivity contribution in [1.29, 1.82) is 0 Å². The first-order chi connectivity index (χ1) is 10.9. The Labute approximate surface area is 148 Å². The summed E-state index contributed by atoms with van der Waals surface area (Å²) in [6.45, 7) is 4.06. The van der Waals surface area contributed by atoms with E-state index in [0.29, 0.717) is 5.41 Å². The summed E-state index contributed by atoms with van der Waals surface area (Å²) in [6, 6.07) is 9.31. The molecule has 1 aliphatic heterocycles. The number of hydrogen-bond donors (Lipinski definition) is 0. The number of halogens is 1. The summed E-state index contributed by atoms with van der Waals surface area (Å²) in [7, 11) is 0. The zero-order valence-electron chi connectivity index (χ0n) is 14.4. The zero-order valence-corrected chi connectivity index (χ0v) is 15.3. The maximum Gasteiger partial charge on any atom is 0.000967 e. The van der Waals surface area contributed by atoms with E-state index in [1.165, 1.54) is 83.8 Å². The fourth-order valence-corrected chi connectivity index (χ4v) is 5.43. The molecule has 0 atom stereocenters. The van der Waals surface area contributed by atoms with E-state index in [1.54, 1.807) is 11.1 Å². The van der Waals surface area contributed by atoms with E-state index < -0.39 is 0 Å². The van der Waals surface area contributed by atoms with Crippen LogP contribution >= 0.6 is 12.4 Å². The molecule has 3 aliphatic rings. The molecular weight excluding hydrogens is 302 g/mol. The molecule has 2 heteroatoms. The van der Waals surface area contributed by atoms with E-state index in [0.717, 1.165) is 5.92 Å². The van der Waals surface area contributed by atoms with Crippen LogP contribution in [0.3, 0.4) is 0 Å². The van der Waals surface area contributed by atoms with Gasteiger partial charge in [0.1, 0.15) is 0 Å². The maximum atomic E-state index is 2.79. The van der Waals surface area contributed by atoms with Gasteiger partial charge in [-0.2, -0.15) is 0 Å². The van der Waals surface area contributed by atoms with Gasteiger partial charge in [0.25, 0.3) is 0 Å². The lowest BCUT2D eigenvalue weighted by atomic mass is 9.65. The predicted octanol–water partition coefficient (Wildman–Crippen LogP) is 5.36. The summed E-state index contributed by atoms with van der Waals surface area (Å²) >= 11 is 0. The number of rotatable bonds is 2. The predicted molar refractivity (Wildman–Crippen MR) is 101 cm³/mol. The average Bonchev–Trinajstić information content (AvgIpc) is 2.59. The van der Waals surface area contributed by atoms with Gasteiger partial charge in [-0.25, -0.2) is 0 Å². The van der Waals surface area contributed by atoms with Gasteiger partial charge in [-0.15, -0.1) is 12.4 Å². The second kappa shape index (κ2) is 7.57. The highest BCUT2D eigenvalue weighted by atomic mass is 35.5. The molecule has 0 radical (unpaired) electrons. The topological polar surface area (TPSA) is 3.24 Å². The van der Waals surface area contributed by atoms with Gasteiger partial charge in [-0.3, -0.25) is 0 Å². The quantitative estimate of drug-likeness (QED) is 0.704. The van der Waals surface area contributed by atoms with Crippen molar-refractivity contribution in [1.82, 2.24) is 4.90 Å². The summed E-state index contributed by atoms with van der Waals surface area (Å²) in [4.78, 5) is 2.79. The summed E-state index contributed by atoms with van der Waals surface area (Å²) in [5, 5.41) is 0. The lowest BCUT2D eigenvalue weighted by Crippen LogP contribution is -2.45. The van der Waals surface area contributed by atoms with Crippen LogP contribution in [0.15, 0.2) is 24.3 Å². The van der Waals surface area contributed by atoms with Gasteiger partial charge in [0.15, 0.2) is 0 Å². The van der Waals surface area contributed by atoms with Gasteiger partial charge >= 0.3 is 0 Å². The molecule has 0 unspecified atom stereocenters. The number of fused-ring (bicyclic) bond motifs is 2. The van der Waals surface area contributed by atoms with E-state index in [2.05, 4.69) is 29.2 Å². The number of hydrogen-bond acceptors (Lipinski definition) is 1. The van der Waals surface area contributed by atoms with Crippen LogP contribution in [0.25, 0.3) is 0 Å². The Morgan fingerprint density at radius 2 is 1.65 bits per heavy atom. The Bertz CT molecular complexity index is 498. The van der Waals surface area contributed by atoms with Crippen molar-refractivity contribution in [2.24, 2.45) is 5.92 Å². The molecule has 1 aromatic carbocycles. The molecule has 0 amide bonds. The van der Waals surface area contributed by atoms with E-state index in [4.69, 9.17) is 0 Å². The minimum absolute atomic E-state index is 0. The molecule has 1 saturated heterocycles. The highest BCUT2D eigenvalue weighted by Crippen LogP contribution is 2.45. The third-order valence-electron chi connectivity index (χ3n) is 6.74. The normalized spacial score (nSPS) is 24.9. The third-order valence-corrected chi connectivity index (χ3v) is 6.74. The van der Waals surface area contributed by atoms with Gasteiger partial charge in [-0.1, -0.05) is 43.5 Å². The van der Waals surface area contributed by atoms with Crippen molar-refractivity contribution in [2.75, 3.05) is 19.6 Å². The van der Waals surface area contributed by atoms with Crippen LogP contribution < -0.4 is 0 Å². The van der Waals surface area contributed by atoms with E-state index >= 15 is 0 Å². The molecule has 0 aromatic heterocycles. The fraction of sp³-hybridized carbons (Fsp3) is 0.714. The number of likely N-dealkylation sites (tertiary alicyclic amines) is 1. The molecule has 1 saturated carbocycles. The largest absolute Gasteiger partial charge is 0.303 e. The fourth-order valence-electron chi connectivity index (χ4n) is 5.43. The first kappa shape index (κ1) is 17.3. The van der Waals surface area contributed by atoms with Crippen LogP contribution in [0, 0.1) is 5.92 Å². The maximum absolute atomic E-state index is 2.79. The summed E-state index contributed by atoms with van der Waals surface area (Å²) in [6.07, 6.45) is 14.4. The van der Waals surface area contributed by atoms with Crippen molar-refractivity contribution < 1.29 is 0 Å². The smallest absolute Gasteiger partial charge is 0.000967 e. The van der Waals surface area contributed by atoms with E-state index in [9.17, 15) is 0 Å². The highest BCUT2D eigenvalue weighted by molar-refractivity contribution is 5.85. The van der Waals surface area contributed by atoms with Crippen LogP contribution in [0.1, 0.15) is 68.9 Å². The van der Waals surface area contributed by atoms with Crippen molar-refractivity contribution in [3.8, 4) is 0 Å². The first-order valence-electron chi connectivity index (χ1n) is 9.66. The van der Waals surface area contributed by atoms with E-state index in [-0.39, 0.29) is 12.4 Å². The number of piperidine rings is 1. The van der Waals surface area contributed by atoms with Crippen LogP contribution in [-0.2, 0) is 11.8 Å². The minimum atomic E-state index is 0. The third kappa shape index (κ3) is 3.61. The molecular formula is C21H32ClN. The summed E-state index contributed by atoms with van der Waals surface area (Å²) < 4.78 is 0. The van der Waals surface area contributed by atoms with Gasteiger partial charge in [-0.05, 0) is 80.5 Å². The Hall–Kier alpha value is -0.530. The number of nitrogens with zero attached hydrogens (tertiary/aromatic N) is 1. The monoisotopic (exact) mass is 333 g/mol. The van der Waals surface area contributed by atoms with Crippen LogP contribution in [0.5, 0.6) is 0 Å². The van der Waals surface area contributed by atoms with Crippen molar-refractivity contribution >= 4 is 12.4 Å². The van der Waals surface area contributed by atoms with Gasteiger partial charge in [0.05, 0.1) is 0 Å². The van der Waals surface area contributed by atoms with Crippen molar-refractivity contribution in [3.05, 3.63) is 35.4 Å². The Morgan fingerprint density at radius 3 is 2.43 bits per heavy atom.